The number of ether oxygens (including phenoxy) is 1. The number of rotatable bonds is 5. The number of nitrogens with one attached hydrogen (secondary N) is 2. The molecule has 0 fully saturated rings. The van der Waals surface area contributed by atoms with Crippen LogP contribution in [0.25, 0.3) is 0 Å². The molecular weight excluding hydrogens is 376 g/mol. The molecule has 5 nitrogen and oxygen atoms in total. The lowest BCUT2D eigenvalue weighted by atomic mass is 10.2. The van der Waals surface area contributed by atoms with Crippen LogP contribution in [0.1, 0.15) is 19.4 Å². The quantitative estimate of drug-likeness (QED) is 0.817. The molecule has 0 saturated carbocycles. The molecule has 19 heavy (non-hydrogen) atoms. The van der Waals surface area contributed by atoms with E-state index in [0.717, 1.165) is 20.3 Å². The first-order valence-corrected chi connectivity index (χ1v) is 7.38. The maximum atomic E-state index is 5.74. The van der Waals surface area contributed by atoms with Gasteiger partial charge in [-0.25, -0.2) is 10.1 Å². The SMILES string of the molecule is CC(C)Oc1c(Br)cc(CNc2ncn[nH]2)cc1Br. The topological polar surface area (TPSA) is 62.8 Å². The molecule has 0 aliphatic rings. The molecule has 0 radical (unpaired) electrons. The van der Waals surface area contributed by atoms with Gasteiger partial charge < -0.3 is 10.1 Å². The van der Waals surface area contributed by atoms with Crippen molar-refractivity contribution in [1.82, 2.24) is 15.2 Å². The van der Waals surface area contributed by atoms with Gasteiger partial charge in [0.25, 0.3) is 0 Å². The minimum atomic E-state index is 0.130. The number of hydrogen-bond acceptors (Lipinski definition) is 4. The predicted octanol–water partition coefficient (Wildman–Crippen LogP) is 3.73. The Morgan fingerprint density at radius 2 is 2.00 bits per heavy atom. The first-order chi connectivity index (χ1) is 9.06. The molecule has 7 heteroatoms. The van der Waals surface area contributed by atoms with Crippen molar-refractivity contribution in [1.29, 1.82) is 0 Å². The highest BCUT2D eigenvalue weighted by Crippen LogP contribution is 2.35. The number of aromatic nitrogens is 3. The third-order valence-corrected chi connectivity index (χ3v) is 3.46. The molecule has 0 unspecified atom stereocenters. The molecular formula is C12H14Br2N4O. The van der Waals surface area contributed by atoms with Crippen LogP contribution in [0.4, 0.5) is 5.95 Å². The molecule has 2 rings (SSSR count). The molecule has 0 saturated heterocycles. The van der Waals surface area contributed by atoms with E-state index in [1.54, 1.807) is 0 Å². The lowest BCUT2D eigenvalue weighted by molar-refractivity contribution is 0.239. The summed E-state index contributed by atoms with van der Waals surface area (Å²) in [5.74, 6) is 1.47. The average Bonchev–Trinajstić information content (AvgIpc) is 2.84. The van der Waals surface area contributed by atoms with Crippen LogP contribution < -0.4 is 10.1 Å². The minimum absolute atomic E-state index is 0.130. The van der Waals surface area contributed by atoms with Crippen LogP contribution in [-0.4, -0.2) is 21.3 Å². The summed E-state index contributed by atoms with van der Waals surface area (Å²) in [5.41, 5.74) is 1.10. The van der Waals surface area contributed by atoms with Crippen molar-refractivity contribution >= 4 is 37.8 Å². The van der Waals surface area contributed by atoms with Crippen molar-refractivity contribution in [3.8, 4) is 5.75 Å². The Balaban J connectivity index is 2.10. The second kappa shape index (κ2) is 6.38. The molecule has 0 aliphatic carbocycles. The van der Waals surface area contributed by atoms with Crippen LogP contribution in [0.3, 0.4) is 0 Å². The smallest absolute Gasteiger partial charge is 0.218 e. The van der Waals surface area contributed by atoms with E-state index in [1.807, 2.05) is 26.0 Å². The summed E-state index contributed by atoms with van der Waals surface area (Å²) >= 11 is 7.05. The van der Waals surface area contributed by atoms with Crippen molar-refractivity contribution in [2.45, 2.75) is 26.5 Å². The monoisotopic (exact) mass is 388 g/mol. The van der Waals surface area contributed by atoms with E-state index in [-0.39, 0.29) is 6.10 Å². The number of anilines is 1. The summed E-state index contributed by atoms with van der Waals surface area (Å²) in [6.07, 6.45) is 1.60. The number of aromatic amines is 1. The number of halogens is 2. The molecule has 102 valence electrons. The number of hydrogen-bond donors (Lipinski definition) is 2. The molecule has 1 aromatic carbocycles. The van der Waals surface area contributed by atoms with Crippen LogP contribution in [0.5, 0.6) is 5.75 Å². The van der Waals surface area contributed by atoms with Gasteiger partial charge in [0, 0.05) is 6.54 Å². The molecule has 0 aliphatic heterocycles. The first-order valence-electron chi connectivity index (χ1n) is 5.80. The molecule has 2 N–H and O–H groups in total. The fourth-order valence-corrected chi connectivity index (χ4v) is 3.01. The van der Waals surface area contributed by atoms with E-state index < -0.39 is 0 Å². The summed E-state index contributed by atoms with van der Waals surface area (Å²) < 4.78 is 7.58. The van der Waals surface area contributed by atoms with Crippen molar-refractivity contribution in [2.75, 3.05) is 5.32 Å². The minimum Gasteiger partial charge on any atom is -0.489 e. The number of nitrogens with zero attached hydrogens (tertiary/aromatic N) is 2. The van der Waals surface area contributed by atoms with Crippen molar-refractivity contribution < 1.29 is 4.74 Å². The Labute approximate surface area is 128 Å². The van der Waals surface area contributed by atoms with Gasteiger partial charge in [0.05, 0.1) is 15.0 Å². The second-order valence-electron chi connectivity index (χ2n) is 4.24. The molecule has 0 atom stereocenters. The van der Waals surface area contributed by atoms with E-state index in [4.69, 9.17) is 4.74 Å². The lowest BCUT2D eigenvalue weighted by Gasteiger charge is -2.15. The molecule has 2 aromatic rings. The lowest BCUT2D eigenvalue weighted by Crippen LogP contribution is -2.07. The Hall–Kier alpha value is -1.08. The van der Waals surface area contributed by atoms with E-state index in [0.29, 0.717) is 12.5 Å². The highest BCUT2D eigenvalue weighted by molar-refractivity contribution is 9.11. The summed E-state index contributed by atoms with van der Waals surface area (Å²) in [5, 5.41) is 9.68. The second-order valence-corrected chi connectivity index (χ2v) is 5.95. The zero-order valence-corrected chi connectivity index (χ0v) is 13.7. The Kier molecular flexibility index (Phi) is 4.81. The van der Waals surface area contributed by atoms with E-state index >= 15 is 0 Å². The molecule has 0 spiro atoms. The Bertz CT molecular complexity index is 520. The first kappa shape index (κ1) is 14.3. The Morgan fingerprint density at radius 1 is 1.32 bits per heavy atom. The molecule has 0 amide bonds. The zero-order valence-electron chi connectivity index (χ0n) is 10.6. The summed E-state index contributed by atoms with van der Waals surface area (Å²) in [6, 6.07) is 4.04. The van der Waals surface area contributed by atoms with Gasteiger partial charge in [-0.3, -0.25) is 0 Å². The van der Waals surface area contributed by atoms with Gasteiger partial charge in [0.15, 0.2) is 0 Å². The highest BCUT2D eigenvalue weighted by atomic mass is 79.9. The van der Waals surface area contributed by atoms with Gasteiger partial charge in [-0.05, 0) is 63.4 Å². The third kappa shape index (κ3) is 3.94. The largest absolute Gasteiger partial charge is 0.489 e. The van der Waals surface area contributed by atoms with Crippen molar-refractivity contribution in [2.24, 2.45) is 0 Å². The fourth-order valence-electron chi connectivity index (χ4n) is 1.54. The Morgan fingerprint density at radius 3 is 2.53 bits per heavy atom. The van der Waals surface area contributed by atoms with Crippen LogP contribution in [0.15, 0.2) is 27.4 Å². The van der Waals surface area contributed by atoms with Gasteiger partial charge in [0.1, 0.15) is 12.1 Å². The van der Waals surface area contributed by atoms with Gasteiger partial charge in [-0.2, -0.15) is 5.10 Å². The standard InChI is InChI=1S/C12H14Br2N4O/c1-7(2)19-11-9(13)3-8(4-10(11)14)5-15-12-16-6-17-18-12/h3-4,6-7H,5H2,1-2H3,(H2,15,16,17,18). The van der Waals surface area contributed by atoms with E-state index in [9.17, 15) is 0 Å². The van der Waals surface area contributed by atoms with E-state index in [1.165, 1.54) is 6.33 Å². The average molecular weight is 390 g/mol. The van der Waals surface area contributed by atoms with Crippen LogP contribution >= 0.6 is 31.9 Å². The zero-order chi connectivity index (χ0) is 13.8. The summed E-state index contributed by atoms with van der Waals surface area (Å²) in [7, 11) is 0. The van der Waals surface area contributed by atoms with Crippen molar-refractivity contribution in [3.63, 3.8) is 0 Å². The van der Waals surface area contributed by atoms with Crippen LogP contribution in [0.2, 0.25) is 0 Å². The predicted molar refractivity (Wildman–Crippen MR) is 81.3 cm³/mol. The summed E-state index contributed by atoms with van der Waals surface area (Å²) in [4.78, 5) is 4.01. The van der Waals surface area contributed by atoms with Gasteiger partial charge in [0.2, 0.25) is 5.95 Å². The van der Waals surface area contributed by atoms with Crippen molar-refractivity contribution in [3.05, 3.63) is 33.0 Å². The molecule has 1 heterocycles. The van der Waals surface area contributed by atoms with Gasteiger partial charge in [-0.1, -0.05) is 0 Å². The maximum Gasteiger partial charge on any atom is 0.218 e. The third-order valence-electron chi connectivity index (χ3n) is 2.29. The molecule has 0 bridgehead atoms. The van der Waals surface area contributed by atoms with Gasteiger partial charge >= 0.3 is 0 Å². The molecule has 1 aromatic heterocycles. The maximum absolute atomic E-state index is 5.74. The normalized spacial score (nSPS) is 10.8. The fraction of sp³-hybridized carbons (Fsp3) is 0.333. The van der Waals surface area contributed by atoms with Crippen LogP contribution in [0, 0.1) is 0 Å². The van der Waals surface area contributed by atoms with Gasteiger partial charge in [-0.15, -0.1) is 0 Å². The number of benzene rings is 1. The van der Waals surface area contributed by atoms with E-state index in [2.05, 4.69) is 52.4 Å². The summed E-state index contributed by atoms with van der Waals surface area (Å²) in [6.45, 7) is 4.64. The number of H-pyrrole nitrogens is 1. The van der Waals surface area contributed by atoms with Crippen LogP contribution in [-0.2, 0) is 6.54 Å². The highest BCUT2D eigenvalue weighted by Gasteiger charge is 2.10.